The van der Waals surface area contributed by atoms with E-state index in [-0.39, 0.29) is 0 Å². The highest BCUT2D eigenvalue weighted by Crippen LogP contribution is 2.27. The van der Waals surface area contributed by atoms with Gasteiger partial charge in [0.1, 0.15) is 11.8 Å². The zero-order chi connectivity index (χ0) is 12.5. The molecule has 3 rings (SSSR count). The molecule has 1 aromatic heterocycles. The van der Waals surface area contributed by atoms with Gasteiger partial charge in [-0.1, -0.05) is 0 Å². The fourth-order valence-corrected chi connectivity index (χ4v) is 2.48. The lowest BCUT2D eigenvalue weighted by molar-refractivity contribution is 0.247. The molecule has 2 aliphatic rings. The fraction of sp³-hybridized carbons (Fsp3) is 0.615. The summed E-state index contributed by atoms with van der Waals surface area (Å²) in [4.78, 5) is 13.5. The highest BCUT2D eigenvalue weighted by atomic mass is 15.3. The van der Waals surface area contributed by atoms with Crippen molar-refractivity contribution >= 4 is 5.95 Å². The average molecular weight is 243 g/mol. The van der Waals surface area contributed by atoms with E-state index in [0.717, 1.165) is 37.9 Å². The van der Waals surface area contributed by atoms with E-state index in [4.69, 9.17) is 5.26 Å². The van der Waals surface area contributed by atoms with Crippen LogP contribution in [0.25, 0.3) is 0 Å². The molecule has 0 spiro atoms. The molecule has 0 aromatic carbocycles. The Hall–Kier alpha value is -1.67. The van der Waals surface area contributed by atoms with E-state index < -0.39 is 0 Å². The van der Waals surface area contributed by atoms with Crippen LogP contribution in [-0.4, -0.2) is 47.1 Å². The number of anilines is 1. The molecule has 0 radical (unpaired) electrons. The molecule has 0 unspecified atom stereocenters. The summed E-state index contributed by atoms with van der Waals surface area (Å²) in [6.07, 6.45) is 2.72. The van der Waals surface area contributed by atoms with E-state index in [9.17, 15) is 0 Å². The standard InChI is InChI=1S/C13H17N5/c1-10-8-11(9-14)16-13(15-10)18-6-4-17(5-7-18)12-2-3-12/h8,12H,2-7H2,1H3. The topological polar surface area (TPSA) is 56.1 Å². The van der Waals surface area contributed by atoms with Crippen molar-refractivity contribution in [3.8, 4) is 6.07 Å². The minimum atomic E-state index is 0.460. The molecule has 5 nitrogen and oxygen atoms in total. The van der Waals surface area contributed by atoms with Gasteiger partial charge in [0.25, 0.3) is 0 Å². The number of piperazine rings is 1. The highest BCUT2D eigenvalue weighted by molar-refractivity contribution is 5.36. The highest BCUT2D eigenvalue weighted by Gasteiger charge is 2.31. The zero-order valence-corrected chi connectivity index (χ0v) is 10.6. The second kappa shape index (κ2) is 4.54. The van der Waals surface area contributed by atoms with Crippen molar-refractivity contribution in [2.75, 3.05) is 31.1 Å². The van der Waals surface area contributed by atoms with Crippen LogP contribution >= 0.6 is 0 Å². The molecular weight excluding hydrogens is 226 g/mol. The van der Waals surface area contributed by atoms with E-state index in [2.05, 4.69) is 25.8 Å². The molecule has 0 N–H and O–H groups in total. The molecule has 1 aliphatic heterocycles. The van der Waals surface area contributed by atoms with E-state index in [0.29, 0.717) is 11.6 Å². The quantitative estimate of drug-likeness (QED) is 0.773. The van der Waals surface area contributed by atoms with Crippen LogP contribution in [-0.2, 0) is 0 Å². The summed E-state index contributed by atoms with van der Waals surface area (Å²) in [7, 11) is 0. The molecule has 1 saturated heterocycles. The second-order valence-electron chi connectivity index (χ2n) is 5.06. The van der Waals surface area contributed by atoms with Crippen LogP contribution in [0, 0.1) is 18.3 Å². The van der Waals surface area contributed by atoms with Gasteiger partial charge in [-0.2, -0.15) is 5.26 Å². The average Bonchev–Trinajstić information content (AvgIpc) is 3.22. The molecule has 0 amide bonds. The van der Waals surface area contributed by atoms with Crippen LogP contribution in [0.1, 0.15) is 24.2 Å². The summed E-state index contributed by atoms with van der Waals surface area (Å²) in [6, 6.07) is 4.66. The molecule has 2 fully saturated rings. The number of hydrogen-bond acceptors (Lipinski definition) is 5. The maximum Gasteiger partial charge on any atom is 0.226 e. The van der Waals surface area contributed by atoms with Gasteiger partial charge >= 0.3 is 0 Å². The largest absolute Gasteiger partial charge is 0.338 e. The summed E-state index contributed by atoms with van der Waals surface area (Å²) < 4.78 is 0. The Bertz CT molecular complexity index is 481. The first kappa shape index (κ1) is 11.4. The van der Waals surface area contributed by atoms with Crippen molar-refractivity contribution in [2.45, 2.75) is 25.8 Å². The van der Waals surface area contributed by atoms with E-state index >= 15 is 0 Å². The van der Waals surface area contributed by atoms with Gasteiger partial charge in [0.15, 0.2) is 0 Å². The molecule has 5 heteroatoms. The first-order chi connectivity index (χ1) is 8.76. The van der Waals surface area contributed by atoms with Crippen molar-refractivity contribution in [1.82, 2.24) is 14.9 Å². The molecule has 0 bridgehead atoms. The van der Waals surface area contributed by atoms with Gasteiger partial charge in [0.05, 0.1) is 0 Å². The zero-order valence-electron chi connectivity index (χ0n) is 10.6. The number of aromatic nitrogens is 2. The third-order valence-electron chi connectivity index (χ3n) is 3.62. The van der Waals surface area contributed by atoms with Crippen molar-refractivity contribution in [1.29, 1.82) is 5.26 Å². The molecular formula is C13H17N5. The second-order valence-corrected chi connectivity index (χ2v) is 5.06. The maximum absolute atomic E-state index is 8.94. The van der Waals surface area contributed by atoms with Crippen molar-refractivity contribution in [3.05, 3.63) is 17.5 Å². The Balaban J connectivity index is 1.71. The molecule has 1 saturated carbocycles. The first-order valence-electron chi connectivity index (χ1n) is 6.51. The number of hydrogen-bond donors (Lipinski definition) is 0. The van der Waals surface area contributed by atoms with Gasteiger partial charge in [-0.05, 0) is 25.8 Å². The van der Waals surface area contributed by atoms with Crippen molar-refractivity contribution < 1.29 is 0 Å². The lowest BCUT2D eigenvalue weighted by Crippen LogP contribution is -2.47. The SMILES string of the molecule is Cc1cc(C#N)nc(N2CCN(C3CC3)CC2)n1. The molecule has 2 heterocycles. The Labute approximate surface area is 107 Å². The predicted octanol–water partition coefficient (Wildman–Crippen LogP) is 0.941. The van der Waals surface area contributed by atoms with Crippen molar-refractivity contribution in [3.63, 3.8) is 0 Å². The van der Waals surface area contributed by atoms with Crippen molar-refractivity contribution in [2.24, 2.45) is 0 Å². The Kier molecular flexibility index (Phi) is 2.88. The van der Waals surface area contributed by atoms with Gasteiger partial charge in [0, 0.05) is 37.9 Å². The number of nitriles is 1. The summed E-state index contributed by atoms with van der Waals surface area (Å²) in [5, 5.41) is 8.94. The van der Waals surface area contributed by atoms with Gasteiger partial charge in [-0.3, -0.25) is 4.90 Å². The lowest BCUT2D eigenvalue weighted by atomic mass is 10.3. The smallest absolute Gasteiger partial charge is 0.226 e. The van der Waals surface area contributed by atoms with Crippen LogP contribution in [0.3, 0.4) is 0 Å². The minimum absolute atomic E-state index is 0.460. The predicted molar refractivity (Wildman–Crippen MR) is 68.3 cm³/mol. The molecule has 94 valence electrons. The first-order valence-corrected chi connectivity index (χ1v) is 6.51. The summed E-state index contributed by atoms with van der Waals surface area (Å²) in [5.41, 5.74) is 1.32. The lowest BCUT2D eigenvalue weighted by Gasteiger charge is -2.34. The molecule has 18 heavy (non-hydrogen) atoms. The summed E-state index contributed by atoms with van der Waals surface area (Å²) in [6.45, 7) is 6.01. The van der Waals surface area contributed by atoms with Crippen LogP contribution < -0.4 is 4.90 Å². The third kappa shape index (κ3) is 2.29. The normalized spacial score (nSPS) is 20.8. The molecule has 1 aromatic rings. The van der Waals surface area contributed by atoms with E-state index in [1.54, 1.807) is 6.07 Å². The summed E-state index contributed by atoms with van der Waals surface area (Å²) in [5.74, 6) is 0.710. The Morgan fingerprint density at radius 2 is 1.94 bits per heavy atom. The molecule has 1 aliphatic carbocycles. The summed E-state index contributed by atoms with van der Waals surface area (Å²) >= 11 is 0. The number of aryl methyl sites for hydroxylation is 1. The number of rotatable bonds is 2. The van der Waals surface area contributed by atoms with Gasteiger partial charge < -0.3 is 4.90 Å². The van der Waals surface area contributed by atoms with Gasteiger partial charge in [0.2, 0.25) is 5.95 Å². The fourth-order valence-electron chi connectivity index (χ4n) is 2.48. The third-order valence-corrected chi connectivity index (χ3v) is 3.62. The minimum Gasteiger partial charge on any atom is -0.338 e. The van der Waals surface area contributed by atoms with Crippen LogP contribution in [0.2, 0.25) is 0 Å². The Morgan fingerprint density at radius 1 is 1.22 bits per heavy atom. The monoisotopic (exact) mass is 243 g/mol. The van der Waals surface area contributed by atoms with E-state index in [1.165, 1.54) is 12.8 Å². The van der Waals surface area contributed by atoms with Crippen LogP contribution in [0.5, 0.6) is 0 Å². The number of nitrogens with zero attached hydrogens (tertiary/aromatic N) is 5. The van der Waals surface area contributed by atoms with Gasteiger partial charge in [-0.25, -0.2) is 9.97 Å². The van der Waals surface area contributed by atoms with E-state index in [1.807, 2.05) is 6.92 Å². The van der Waals surface area contributed by atoms with Gasteiger partial charge in [-0.15, -0.1) is 0 Å². The van der Waals surface area contributed by atoms with Crippen LogP contribution in [0.4, 0.5) is 5.95 Å². The maximum atomic E-state index is 8.94. The Morgan fingerprint density at radius 3 is 2.56 bits per heavy atom. The van der Waals surface area contributed by atoms with Crippen LogP contribution in [0.15, 0.2) is 6.07 Å². The molecule has 0 atom stereocenters.